The molecule has 2 fully saturated rings. The summed E-state index contributed by atoms with van der Waals surface area (Å²) in [6.45, 7) is 3.38. The van der Waals surface area contributed by atoms with Gasteiger partial charge in [0.2, 0.25) is 11.8 Å². The first-order chi connectivity index (χ1) is 10.6. The fourth-order valence-corrected chi connectivity index (χ4v) is 3.14. The molecule has 2 saturated heterocycles. The normalized spacial score (nSPS) is 22.9. The molecule has 0 aromatic heterocycles. The van der Waals surface area contributed by atoms with Gasteiger partial charge in [-0.05, 0) is 50.5 Å². The van der Waals surface area contributed by atoms with Crippen LogP contribution >= 0.6 is 0 Å². The van der Waals surface area contributed by atoms with Crippen molar-refractivity contribution < 1.29 is 14.3 Å². The monoisotopic (exact) mass is 302 g/mol. The van der Waals surface area contributed by atoms with E-state index in [-0.39, 0.29) is 23.8 Å². The van der Waals surface area contributed by atoms with Gasteiger partial charge in [-0.3, -0.25) is 9.59 Å². The summed E-state index contributed by atoms with van der Waals surface area (Å²) in [5, 5.41) is 2.95. The molecule has 3 rings (SSSR count). The number of benzene rings is 1. The Morgan fingerprint density at radius 3 is 2.45 bits per heavy atom. The molecule has 0 bridgehead atoms. The molecule has 118 valence electrons. The summed E-state index contributed by atoms with van der Waals surface area (Å²) >= 11 is 0. The van der Waals surface area contributed by atoms with E-state index in [2.05, 4.69) is 12.2 Å². The molecule has 0 radical (unpaired) electrons. The van der Waals surface area contributed by atoms with Gasteiger partial charge in [0.25, 0.3) is 0 Å². The van der Waals surface area contributed by atoms with Crippen LogP contribution in [0.4, 0.5) is 11.4 Å². The summed E-state index contributed by atoms with van der Waals surface area (Å²) in [6.07, 6.45) is 3.08. The second kappa shape index (κ2) is 6.48. The quantitative estimate of drug-likeness (QED) is 0.933. The van der Waals surface area contributed by atoms with Crippen LogP contribution in [0.1, 0.15) is 32.6 Å². The number of anilines is 2. The smallest absolute Gasteiger partial charge is 0.227 e. The number of carbonyl (C=O) groups is 2. The molecular formula is C17H22N2O3. The minimum Gasteiger partial charge on any atom is -0.381 e. The molecule has 2 aliphatic rings. The van der Waals surface area contributed by atoms with Gasteiger partial charge in [0.1, 0.15) is 0 Å². The van der Waals surface area contributed by atoms with Crippen molar-refractivity contribution in [3.05, 3.63) is 24.3 Å². The van der Waals surface area contributed by atoms with Crippen LogP contribution in [-0.4, -0.2) is 31.1 Å². The van der Waals surface area contributed by atoms with Gasteiger partial charge >= 0.3 is 0 Å². The van der Waals surface area contributed by atoms with Crippen LogP contribution in [0.2, 0.25) is 0 Å². The lowest BCUT2D eigenvalue weighted by atomic mass is 9.99. The van der Waals surface area contributed by atoms with Gasteiger partial charge in [0.05, 0.1) is 0 Å². The van der Waals surface area contributed by atoms with E-state index in [9.17, 15) is 9.59 Å². The molecule has 0 aliphatic carbocycles. The second-order valence-corrected chi connectivity index (χ2v) is 6.07. The lowest BCUT2D eigenvalue weighted by molar-refractivity contribution is -0.122. The zero-order valence-corrected chi connectivity index (χ0v) is 12.9. The minimum absolute atomic E-state index is 0.0357. The second-order valence-electron chi connectivity index (χ2n) is 6.07. The summed E-state index contributed by atoms with van der Waals surface area (Å²) < 4.78 is 5.28. The van der Waals surface area contributed by atoms with Crippen molar-refractivity contribution in [2.75, 3.05) is 23.4 Å². The molecule has 2 amide bonds. The highest BCUT2D eigenvalue weighted by Gasteiger charge is 2.28. The van der Waals surface area contributed by atoms with E-state index in [1.54, 1.807) is 0 Å². The Kier molecular flexibility index (Phi) is 4.43. The Morgan fingerprint density at radius 2 is 1.86 bits per heavy atom. The average Bonchev–Trinajstić information content (AvgIpc) is 2.88. The molecule has 22 heavy (non-hydrogen) atoms. The molecule has 5 nitrogen and oxygen atoms in total. The SMILES string of the molecule is C[C@H]1CCC(=O)N1c1ccc(NC(=O)C2CCOCC2)cc1. The van der Waals surface area contributed by atoms with Crippen LogP contribution in [0.3, 0.4) is 0 Å². The first-order valence-corrected chi connectivity index (χ1v) is 7.96. The fraction of sp³-hybridized carbons (Fsp3) is 0.529. The van der Waals surface area contributed by atoms with Crippen molar-refractivity contribution in [1.82, 2.24) is 0 Å². The van der Waals surface area contributed by atoms with Gasteiger partial charge in [-0.15, -0.1) is 0 Å². The van der Waals surface area contributed by atoms with Crippen LogP contribution in [0.5, 0.6) is 0 Å². The number of nitrogens with one attached hydrogen (secondary N) is 1. The first kappa shape index (κ1) is 15.0. The number of amides is 2. The molecule has 0 spiro atoms. The van der Waals surface area contributed by atoms with Gasteiger partial charge in [-0.1, -0.05) is 0 Å². The highest BCUT2D eigenvalue weighted by Crippen LogP contribution is 2.27. The topological polar surface area (TPSA) is 58.6 Å². The number of hydrogen-bond donors (Lipinski definition) is 1. The van der Waals surface area contributed by atoms with Crippen LogP contribution < -0.4 is 10.2 Å². The molecule has 0 saturated carbocycles. The molecule has 5 heteroatoms. The maximum absolute atomic E-state index is 12.2. The van der Waals surface area contributed by atoms with Gasteiger partial charge in [-0.2, -0.15) is 0 Å². The standard InChI is InChI=1S/C17H22N2O3/c1-12-2-7-16(20)19(12)15-5-3-14(4-6-15)18-17(21)13-8-10-22-11-9-13/h3-6,12-13H,2,7-11H2,1H3,(H,18,21)/t12-/m0/s1. The molecule has 1 atom stereocenters. The third-order valence-electron chi connectivity index (χ3n) is 4.49. The van der Waals surface area contributed by atoms with Crippen molar-refractivity contribution in [2.24, 2.45) is 5.92 Å². The lowest BCUT2D eigenvalue weighted by Gasteiger charge is -2.23. The number of carbonyl (C=O) groups excluding carboxylic acids is 2. The largest absolute Gasteiger partial charge is 0.381 e. The van der Waals surface area contributed by atoms with E-state index < -0.39 is 0 Å². The van der Waals surface area contributed by atoms with E-state index in [0.29, 0.717) is 19.6 Å². The van der Waals surface area contributed by atoms with Crippen LogP contribution in [0.15, 0.2) is 24.3 Å². The number of hydrogen-bond acceptors (Lipinski definition) is 3. The van der Waals surface area contributed by atoms with Crippen molar-refractivity contribution >= 4 is 23.2 Å². The third kappa shape index (κ3) is 3.14. The molecule has 1 aromatic carbocycles. The summed E-state index contributed by atoms with van der Waals surface area (Å²) in [5.74, 6) is 0.266. The molecule has 2 aliphatic heterocycles. The Labute approximate surface area is 130 Å². The van der Waals surface area contributed by atoms with Crippen molar-refractivity contribution in [2.45, 2.75) is 38.6 Å². The van der Waals surface area contributed by atoms with E-state index in [0.717, 1.165) is 30.6 Å². The summed E-state index contributed by atoms with van der Waals surface area (Å²) in [5.41, 5.74) is 1.68. The Bertz CT molecular complexity index is 550. The molecule has 1 aromatic rings. The Balaban J connectivity index is 1.64. The maximum Gasteiger partial charge on any atom is 0.227 e. The molecule has 0 unspecified atom stereocenters. The zero-order valence-electron chi connectivity index (χ0n) is 12.9. The van der Waals surface area contributed by atoms with Gasteiger partial charge in [0, 0.05) is 43.0 Å². The fourth-order valence-electron chi connectivity index (χ4n) is 3.14. The predicted octanol–water partition coefficient (Wildman–Crippen LogP) is 2.57. The average molecular weight is 302 g/mol. The molecular weight excluding hydrogens is 280 g/mol. The highest BCUT2D eigenvalue weighted by molar-refractivity contribution is 5.97. The minimum atomic E-state index is 0.0357. The summed E-state index contributed by atoms with van der Waals surface area (Å²) in [6, 6.07) is 7.78. The summed E-state index contributed by atoms with van der Waals surface area (Å²) in [4.78, 5) is 25.9. The molecule has 1 N–H and O–H groups in total. The van der Waals surface area contributed by atoms with E-state index in [1.165, 1.54) is 0 Å². The van der Waals surface area contributed by atoms with Crippen molar-refractivity contribution in [1.29, 1.82) is 0 Å². The van der Waals surface area contributed by atoms with Crippen molar-refractivity contribution in [3.8, 4) is 0 Å². The van der Waals surface area contributed by atoms with E-state index >= 15 is 0 Å². The van der Waals surface area contributed by atoms with E-state index in [4.69, 9.17) is 4.74 Å². The number of nitrogens with zero attached hydrogens (tertiary/aromatic N) is 1. The first-order valence-electron chi connectivity index (χ1n) is 7.96. The van der Waals surface area contributed by atoms with Gasteiger partial charge < -0.3 is 15.0 Å². The third-order valence-corrected chi connectivity index (χ3v) is 4.49. The Hall–Kier alpha value is -1.88. The van der Waals surface area contributed by atoms with Crippen LogP contribution in [-0.2, 0) is 14.3 Å². The van der Waals surface area contributed by atoms with Crippen LogP contribution in [0, 0.1) is 5.92 Å². The van der Waals surface area contributed by atoms with E-state index in [1.807, 2.05) is 29.2 Å². The maximum atomic E-state index is 12.2. The number of rotatable bonds is 3. The zero-order chi connectivity index (χ0) is 15.5. The highest BCUT2D eigenvalue weighted by atomic mass is 16.5. The van der Waals surface area contributed by atoms with Crippen molar-refractivity contribution in [3.63, 3.8) is 0 Å². The Morgan fingerprint density at radius 1 is 1.18 bits per heavy atom. The van der Waals surface area contributed by atoms with Crippen LogP contribution in [0.25, 0.3) is 0 Å². The lowest BCUT2D eigenvalue weighted by Crippen LogP contribution is -2.30. The van der Waals surface area contributed by atoms with Gasteiger partial charge in [0.15, 0.2) is 0 Å². The predicted molar refractivity (Wildman–Crippen MR) is 84.8 cm³/mol. The summed E-state index contributed by atoms with van der Waals surface area (Å²) in [7, 11) is 0. The van der Waals surface area contributed by atoms with Gasteiger partial charge in [-0.25, -0.2) is 0 Å². The molecule has 2 heterocycles. The number of ether oxygens (including phenoxy) is 1.